The fraction of sp³-hybridized carbons (Fsp3) is 0.267. The van der Waals surface area contributed by atoms with Gasteiger partial charge in [0.25, 0.3) is 5.91 Å². The molecule has 0 N–H and O–H groups in total. The maximum atomic E-state index is 12.5. The first kappa shape index (κ1) is 13.0. The average molecular weight is 286 g/mol. The molecule has 0 atom stereocenters. The first-order valence-electron chi connectivity index (χ1n) is 6.55. The number of rotatable bonds is 2. The second kappa shape index (κ2) is 5.54. The molecule has 5 heteroatoms. The summed E-state index contributed by atoms with van der Waals surface area (Å²) in [4.78, 5) is 30.5. The molecular formula is C15H14N2O2S. The molecule has 1 saturated heterocycles. The van der Waals surface area contributed by atoms with Gasteiger partial charge in [-0.25, -0.2) is 4.98 Å². The van der Waals surface area contributed by atoms with Gasteiger partial charge in [0, 0.05) is 31.5 Å². The number of aromatic nitrogens is 1. The van der Waals surface area contributed by atoms with E-state index in [4.69, 9.17) is 0 Å². The highest BCUT2D eigenvalue weighted by atomic mass is 32.1. The smallest absolute Gasteiger partial charge is 0.266 e. The Kier molecular flexibility index (Phi) is 3.60. The van der Waals surface area contributed by atoms with Crippen molar-refractivity contribution in [2.45, 2.75) is 12.8 Å². The molecule has 0 spiro atoms. The van der Waals surface area contributed by atoms with Gasteiger partial charge in [0.1, 0.15) is 10.7 Å². The van der Waals surface area contributed by atoms with E-state index >= 15 is 0 Å². The van der Waals surface area contributed by atoms with E-state index in [9.17, 15) is 9.59 Å². The molecule has 1 aliphatic heterocycles. The minimum atomic E-state index is -0.0150. The fourth-order valence-electron chi connectivity index (χ4n) is 2.30. The Morgan fingerprint density at radius 2 is 1.85 bits per heavy atom. The van der Waals surface area contributed by atoms with Crippen molar-refractivity contribution in [3.8, 4) is 11.3 Å². The molecule has 0 unspecified atom stereocenters. The van der Waals surface area contributed by atoms with Crippen LogP contribution in [0.15, 0.2) is 35.8 Å². The standard InChI is InChI=1S/C15H14N2O2S/c18-12-6-8-17(9-7-12)15(19)14-13(16-10-20-14)11-4-2-1-3-5-11/h1-5,10H,6-9H2. The molecule has 20 heavy (non-hydrogen) atoms. The molecule has 2 aromatic rings. The van der Waals surface area contributed by atoms with Gasteiger partial charge in [0.2, 0.25) is 0 Å². The zero-order chi connectivity index (χ0) is 13.9. The number of likely N-dealkylation sites (tertiary alicyclic amines) is 1. The number of hydrogen-bond donors (Lipinski definition) is 0. The molecule has 0 bridgehead atoms. The van der Waals surface area contributed by atoms with Crippen molar-refractivity contribution < 1.29 is 9.59 Å². The summed E-state index contributed by atoms with van der Waals surface area (Å²) in [5.74, 6) is 0.223. The quantitative estimate of drug-likeness (QED) is 0.852. The zero-order valence-electron chi connectivity index (χ0n) is 10.9. The Balaban J connectivity index is 1.86. The summed E-state index contributed by atoms with van der Waals surface area (Å²) in [5, 5.41) is 0. The third-order valence-corrected chi connectivity index (χ3v) is 4.23. The maximum Gasteiger partial charge on any atom is 0.266 e. The van der Waals surface area contributed by atoms with Crippen molar-refractivity contribution in [1.29, 1.82) is 0 Å². The Labute approximate surface area is 121 Å². The maximum absolute atomic E-state index is 12.5. The Hall–Kier alpha value is -2.01. The number of nitrogens with zero attached hydrogens (tertiary/aromatic N) is 2. The third kappa shape index (κ3) is 2.49. The van der Waals surface area contributed by atoms with Crippen molar-refractivity contribution in [3.05, 3.63) is 40.7 Å². The molecule has 0 saturated carbocycles. The molecule has 1 fully saturated rings. The van der Waals surface area contributed by atoms with E-state index in [2.05, 4.69) is 4.98 Å². The molecule has 1 aliphatic rings. The number of ketones is 1. The molecular weight excluding hydrogens is 272 g/mol. The first-order valence-corrected chi connectivity index (χ1v) is 7.43. The monoisotopic (exact) mass is 286 g/mol. The van der Waals surface area contributed by atoms with Gasteiger partial charge in [-0.2, -0.15) is 0 Å². The van der Waals surface area contributed by atoms with E-state index in [1.807, 2.05) is 30.3 Å². The molecule has 3 rings (SSSR count). The van der Waals surface area contributed by atoms with Crippen LogP contribution >= 0.6 is 11.3 Å². The second-order valence-corrected chi connectivity index (χ2v) is 5.58. The van der Waals surface area contributed by atoms with Gasteiger partial charge < -0.3 is 4.90 Å². The third-order valence-electron chi connectivity index (χ3n) is 3.42. The lowest BCUT2D eigenvalue weighted by atomic mass is 10.1. The summed E-state index contributed by atoms with van der Waals surface area (Å²) in [7, 11) is 0. The van der Waals surface area contributed by atoms with Crippen LogP contribution in [-0.2, 0) is 4.79 Å². The molecule has 4 nitrogen and oxygen atoms in total. The van der Waals surface area contributed by atoms with Crippen LogP contribution in [0.4, 0.5) is 0 Å². The molecule has 1 aromatic carbocycles. The van der Waals surface area contributed by atoms with Crippen LogP contribution in [-0.4, -0.2) is 34.7 Å². The first-order chi connectivity index (χ1) is 9.75. The minimum absolute atomic E-state index is 0.0150. The predicted octanol–water partition coefficient (Wildman–Crippen LogP) is 2.62. The van der Waals surface area contributed by atoms with Crippen molar-refractivity contribution in [2.24, 2.45) is 0 Å². The highest BCUT2D eigenvalue weighted by Gasteiger charge is 2.25. The highest BCUT2D eigenvalue weighted by molar-refractivity contribution is 7.12. The number of carbonyl (C=O) groups excluding carboxylic acids is 2. The van der Waals surface area contributed by atoms with Gasteiger partial charge in [0.15, 0.2) is 0 Å². The lowest BCUT2D eigenvalue weighted by Crippen LogP contribution is -2.38. The predicted molar refractivity (Wildman–Crippen MR) is 77.7 cm³/mol. The summed E-state index contributed by atoms with van der Waals surface area (Å²) in [5.41, 5.74) is 3.38. The summed E-state index contributed by atoms with van der Waals surface area (Å²) in [6.45, 7) is 1.04. The largest absolute Gasteiger partial charge is 0.337 e. The van der Waals surface area contributed by atoms with Crippen LogP contribution in [0.2, 0.25) is 0 Å². The van der Waals surface area contributed by atoms with Crippen LogP contribution in [0.5, 0.6) is 0 Å². The lowest BCUT2D eigenvalue weighted by Gasteiger charge is -2.25. The van der Waals surface area contributed by atoms with Crippen molar-refractivity contribution >= 4 is 23.0 Å². The van der Waals surface area contributed by atoms with Gasteiger partial charge in [-0.3, -0.25) is 9.59 Å². The van der Waals surface area contributed by atoms with Gasteiger partial charge in [0.05, 0.1) is 11.2 Å². The van der Waals surface area contributed by atoms with Crippen LogP contribution < -0.4 is 0 Å². The Bertz CT molecular complexity index is 626. The molecule has 1 aromatic heterocycles. The molecule has 1 amide bonds. The van der Waals surface area contributed by atoms with E-state index in [0.717, 1.165) is 11.3 Å². The fourth-order valence-corrected chi connectivity index (χ4v) is 3.08. The lowest BCUT2D eigenvalue weighted by molar-refractivity contribution is -0.120. The van der Waals surface area contributed by atoms with E-state index in [0.29, 0.717) is 30.8 Å². The van der Waals surface area contributed by atoms with E-state index < -0.39 is 0 Å². The van der Waals surface area contributed by atoms with E-state index in [-0.39, 0.29) is 11.7 Å². The van der Waals surface area contributed by atoms with Gasteiger partial charge >= 0.3 is 0 Å². The average Bonchev–Trinajstić information content (AvgIpc) is 2.97. The number of piperidine rings is 1. The number of thiazole rings is 1. The molecule has 2 heterocycles. The SMILES string of the molecule is O=C1CCN(C(=O)c2scnc2-c2ccccc2)CC1. The summed E-state index contributed by atoms with van der Waals surface area (Å²) >= 11 is 1.36. The van der Waals surface area contributed by atoms with Crippen molar-refractivity contribution in [2.75, 3.05) is 13.1 Å². The van der Waals surface area contributed by atoms with Crippen molar-refractivity contribution in [1.82, 2.24) is 9.88 Å². The van der Waals surface area contributed by atoms with Gasteiger partial charge in [-0.05, 0) is 0 Å². The molecule has 0 radical (unpaired) electrons. The number of hydrogen-bond acceptors (Lipinski definition) is 4. The van der Waals surface area contributed by atoms with Gasteiger partial charge in [-0.1, -0.05) is 30.3 Å². The summed E-state index contributed by atoms with van der Waals surface area (Å²) < 4.78 is 0. The summed E-state index contributed by atoms with van der Waals surface area (Å²) in [6.07, 6.45) is 0.927. The number of Topliss-reactive ketones (excluding diaryl/α,β-unsaturated/α-hetero) is 1. The number of carbonyl (C=O) groups is 2. The number of benzene rings is 1. The van der Waals surface area contributed by atoms with Crippen LogP contribution in [0, 0.1) is 0 Å². The minimum Gasteiger partial charge on any atom is -0.337 e. The Morgan fingerprint density at radius 3 is 2.55 bits per heavy atom. The van der Waals surface area contributed by atoms with Crippen LogP contribution in [0.1, 0.15) is 22.5 Å². The van der Waals surface area contributed by atoms with Crippen LogP contribution in [0.25, 0.3) is 11.3 Å². The van der Waals surface area contributed by atoms with E-state index in [1.54, 1.807) is 10.4 Å². The second-order valence-electron chi connectivity index (χ2n) is 4.73. The van der Waals surface area contributed by atoms with Gasteiger partial charge in [-0.15, -0.1) is 11.3 Å². The zero-order valence-corrected chi connectivity index (χ0v) is 11.7. The number of amides is 1. The highest BCUT2D eigenvalue weighted by Crippen LogP contribution is 2.27. The normalized spacial score (nSPS) is 15.4. The summed E-state index contributed by atoms with van der Waals surface area (Å²) in [6, 6.07) is 9.70. The molecule has 0 aliphatic carbocycles. The van der Waals surface area contributed by atoms with Crippen molar-refractivity contribution in [3.63, 3.8) is 0 Å². The van der Waals surface area contributed by atoms with E-state index in [1.165, 1.54) is 11.3 Å². The molecule has 102 valence electrons. The Morgan fingerprint density at radius 1 is 1.15 bits per heavy atom. The topological polar surface area (TPSA) is 50.3 Å². The van der Waals surface area contributed by atoms with Crippen LogP contribution in [0.3, 0.4) is 0 Å².